The predicted molar refractivity (Wildman–Crippen MR) is 31.3 cm³/mol. The highest BCUT2D eigenvalue weighted by Gasteiger charge is 1.99. The first-order chi connectivity index (χ1) is 2.64. The van der Waals surface area contributed by atoms with Gasteiger partial charge in [0.25, 0.3) is 5.97 Å². The molecule has 0 aliphatic heterocycles. The molecule has 0 saturated carbocycles. The van der Waals surface area contributed by atoms with Crippen LogP contribution in [-0.4, -0.2) is 31.6 Å². The van der Waals surface area contributed by atoms with Crippen LogP contribution in [0.1, 0.15) is 0 Å². The average molecular weight is 120 g/mol. The van der Waals surface area contributed by atoms with E-state index >= 15 is 0 Å². The quantitative estimate of drug-likeness (QED) is 0.390. The number of hydrogen-bond acceptors (Lipinski definition) is 1. The molecule has 0 amide bonds. The Morgan fingerprint density at radius 1 is 1.67 bits per heavy atom. The van der Waals surface area contributed by atoms with Crippen molar-refractivity contribution in [3.05, 3.63) is 0 Å². The van der Waals surface area contributed by atoms with E-state index in [1.807, 2.05) is 0 Å². The minimum Gasteiger partial charge on any atom is -0.481 e. The Morgan fingerprint density at radius 2 is 1.83 bits per heavy atom. The van der Waals surface area contributed by atoms with Crippen LogP contribution in [0.3, 0.4) is 0 Å². The van der Waals surface area contributed by atoms with Crippen molar-refractivity contribution in [2.24, 2.45) is 0 Å². The number of carbonyl (C=O) groups is 1. The minimum absolute atomic E-state index is 0.0463. The Balaban J connectivity index is 3.26. The van der Waals surface area contributed by atoms with Crippen LogP contribution < -0.4 is 0 Å². The summed E-state index contributed by atoms with van der Waals surface area (Å²) < 4.78 is 0. The van der Waals surface area contributed by atoms with Crippen molar-refractivity contribution in [3.8, 4) is 0 Å². The molecule has 0 radical (unpaired) electrons. The van der Waals surface area contributed by atoms with E-state index in [9.17, 15) is 4.79 Å². The van der Waals surface area contributed by atoms with Crippen LogP contribution in [0, 0.1) is 0 Å². The van der Waals surface area contributed by atoms with Gasteiger partial charge in [0.1, 0.15) is 0 Å². The zero-order chi connectivity index (χ0) is 5.15. The molecule has 0 spiro atoms. The van der Waals surface area contributed by atoms with E-state index in [4.69, 9.17) is 5.11 Å². The Bertz CT molecular complexity index is 60.6. The first-order valence-corrected chi connectivity index (χ1v) is 4.18. The fraction of sp³-hybridized carbons (Fsp3) is 0.500. The van der Waals surface area contributed by atoms with E-state index in [0.29, 0.717) is 0 Å². The molecule has 0 atom stereocenters. The second-order valence-corrected chi connectivity index (χ2v) is 7.27. The maximum Gasteiger partial charge on any atom is 0.299 e. The van der Waals surface area contributed by atoms with Gasteiger partial charge in [-0.3, -0.25) is 4.79 Å². The van der Waals surface area contributed by atoms with Gasteiger partial charge in [0, 0.05) is 25.6 Å². The third kappa shape index (κ3) is 2.16. The van der Waals surface area contributed by atoms with Crippen molar-refractivity contribution in [2.45, 2.75) is 5.16 Å². The zero-order valence-electron chi connectivity index (χ0n) is 3.93. The first kappa shape index (κ1) is 5.90. The molecule has 0 bridgehead atoms. The predicted octanol–water partition coefficient (Wildman–Crippen LogP) is -2.45. The van der Waals surface area contributed by atoms with Gasteiger partial charge in [0.2, 0.25) is 0 Å². The summed E-state index contributed by atoms with van der Waals surface area (Å²) in [4.78, 5) is 9.77. The van der Waals surface area contributed by atoms with Crippen molar-refractivity contribution in [3.63, 3.8) is 0 Å². The van der Waals surface area contributed by atoms with Gasteiger partial charge in [-0.2, -0.15) is 0 Å². The van der Waals surface area contributed by atoms with Gasteiger partial charge in [-0.25, -0.2) is 0 Å². The van der Waals surface area contributed by atoms with Crippen molar-refractivity contribution in [1.29, 1.82) is 0 Å². The molecule has 0 aromatic heterocycles. The molecule has 0 saturated heterocycles. The molecule has 6 heavy (non-hydrogen) atoms. The van der Waals surface area contributed by atoms with Crippen LogP contribution in [0.25, 0.3) is 0 Å². The second-order valence-electron chi connectivity index (χ2n) is 1.49. The number of rotatable bonds is 1. The molecule has 0 heterocycles. The maximum atomic E-state index is 9.77. The van der Waals surface area contributed by atoms with Crippen LogP contribution in [-0.2, 0) is 4.79 Å². The molecule has 0 aromatic rings. The van der Waals surface area contributed by atoms with Gasteiger partial charge < -0.3 is 5.11 Å². The van der Waals surface area contributed by atoms with E-state index in [0.717, 1.165) is 20.5 Å². The summed E-state index contributed by atoms with van der Waals surface area (Å²) in [5, 5.41) is 8.11. The molecule has 0 fully saturated rings. The van der Waals surface area contributed by atoms with E-state index in [1.165, 1.54) is 0 Å². The molecule has 36 valence electrons. The second kappa shape index (κ2) is 2.14. The molecule has 0 aromatic carbocycles. The lowest BCUT2D eigenvalue weighted by Crippen LogP contribution is -2.05. The van der Waals surface area contributed by atoms with Gasteiger partial charge in [0.15, 0.2) is 0 Å². The van der Waals surface area contributed by atoms with Crippen LogP contribution in [0.4, 0.5) is 0 Å². The monoisotopic (exact) mass is 120 g/mol. The first-order valence-electron chi connectivity index (χ1n) is 1.87. The van der Waals surface area contributed by atoms with Gasteiger partial charge >= 0.3 is 0 Å². The number of carboxylic acids is 1. The molecular weight excluding hydrogens is 112 g/mol. The van der Waals surface area contributed by atoms with Crippen molar-refractivity contribution < 1.29 is 9.90 Å². The molecule has 4 heteroatoms. The Kier molecular flexibility index (Phi) is 2.11. The summed E-state index contributed by atoms with van der Waals surface area (Å²) in [7, 11) is 1.63. The largest absolute Gasteiger partial charge is 0.481 e. The molecule has 0 aliphatic carbocycles. The highest BCUT2D eigenvalue weighted by molar-refractivity contribution is 6.44. The lowest BCUT2D eigenvalue weighted by atomic mass is 10.8. The molecule has 0 aliphatic rings. The van der Waals surface area contributed by atoms with E-state index < -0.39 is 5.97 Å². The van der Waals surface area contributed by atoms with Gasteiger partial charge in [0.05, 0.1) is 0 Å². The summed E-state index contributed by atoms with van der Waals surface area (Å²) in [6.07, 6.45) is 0. The molecule has 2 nitrogen and oxygen atoms in total. The Morgan fingerprint density at radius 3 is 1.83 bits per heavy atom. The lowest BCUT2D eigenvalue weighted by molar-refractivity contribution is -0.135. The SMILES string of the molecule is O=C(O)C([SiH3])[SiH3]. The third-order valence-electron chi connectivity index (χ3n) is 0.494. The van der Waals surface area contributed by atoms with Crippen molar-refractivity contribution in [1.82, 2.24) is 0 Å². The lowest BCUT2D eigenvalue weighted by Gasteiger charge is -1.88. The summed E-state index contributed by atoms with van der Waals surface area (Å²) >= 11 is 0. The summed E-state index contributed by atoms with van der Waals surface area (Å²) in [5.41, 5.74) is 0. The Hall–Kier alpha value is -0.0962. The van der Waals surface area contributed by atoms with Gasteiger partial charge in [-0.05, 0) is 0 Å². The third-order valence-corrected chi connectivity index (χ3v) is 1.48. The molecule has 0 rings (SSSR count). The fourth-order valence-electron chi connectivity index (χ4n) is 0. The topological polar surface area (TPSA) is 37.3 Å². The standard InChI is InChI=1S/C2H8O2Si2/c3-1(4)2(5)6/h2H,5-6H3,(H,3,4). The van der Waals surface area contributed by atoms with Crippen LogP contribution in [0.5, 0.6) is 0 Å². The van der Waals surface area contributed by atoms with Crippen molar-refractivity contribution in [2.75, 3.05) is 0 Å². The van der Waals surface area contributed by atoms with Crippen LogP contribution in [0.2, 0.25) is 5.16 Å². The molecular formula is C2H8O2Si2. The van der Waals surface area contributed by atoms with Crippen molar-refractivity contribution >= 4 is 26.5 Å². The normalized spacial score (nSPS) is 14.7. The number of carboxylic acid groups (broad SMARTS) is 1. The van der Waals surface area contributed by atoms with E-state index in [1.54, 1.807) is 0 Å². The fourth-order valence-corrected chi connectivity index (χ4v) is 0. The highest BCUT2D eigenvalue weighted by atomic mass is 28.2. The van der Waals surface area contributed by atoms with Crippen LogP contribution >= 0.6 is 0 Å². The van der Waals surface area contributed by atoms with E-state index in [-0.39, 0.29) is 5.16 Å². The molecule has 1 N–H and O–H groups in total. The number of hydrogen-bond donors (Lipinski definition) is 1. The zero-order valence-corrected chi connectivity index (χ0v) is 7.93. The molecule has 0 unspecified atom stereocenters. The van der Waals surface area contributed by atoms with Gasteiger partial charge in [-0.1, -0.05) is 0 Å². The summed E-state index contributed by atoms with van der Waals surface area (Å²) in [6.45, 7) is 0. The van der Waals surface area contributed by atoms with E-state index in [2.05, 4.69) is 0 Å². The Labute approximate surface area is 42.4 Å². The van der Waals surface area contributed by atoms with Crippen LogP contribution in [0.15, 0.2) is 0 Å². The summed E-state index contributed by atoms with van der Waals surface area (Å²) in [6, 6.07) is 0. The maximum absolute atomic E-state index is 9.77. The average Bonchev–Trinajstić information content (AvgIpc) is 1.36. The smallest absolute Gasteiger partial charge is 0.299 e. The number of aliphatic carboxylic acids is 1. The highest BCUT2D eigenvalue weighted by Crippen LogP contribution is 1.84. The minimum atomic E-state index is -0.617. The van der Waals surface area contributed by atoms with Gasteiger partial charge in [-0.15, -0.1) is 0 Å². The summed E-state index contributed by atoms with van der Waals surface area (Å²) in [5.74, 6) is -0.617.